The van der Waals surface area contributed by atoms with Gasteiger partial charge in [-0.15, -0.1) is 0 Å². The molecule has 160 valence electrons. The molecule has 1 saturated carbocycles. The van der Waals surface area contributed by atoms with Gasteiger partial charge in [0.1, 0.15) is 11.5 Å². The quantitative estimate of drug-likeness (QED) is 0.605. The number of furan rings is 1. The Morgan fingerprint density at radius 3 is 2.69 bits per heavy atom. The number of allylic oxidation sites excluding steroid dienone is 3. The first kappa shape index (κ1) is 20.2. The molecular formula is C27H25N3O2. The monoisotopic (exact) mass is 423 g/mol. The Morgan fingerprint density at radius 2 is 1.94 bits per heavy atom. The minimum Gasteiger partial charge on any atom is -0.465 e. The number of hydrogen-bond donors (Lipinski definition) is 0. The number of carbonyl (C=O) groups excluding carboxylic acids is 1. The van der Waals surface area contributed by atoms with Crippen molar-refractivity contribution in [3.05, 3.63) is 101 Å². The Bertz CT molecular complexity index is 1210. The highest BCUT2D eigenvalue weighted by atomic mass is 16.3. The molecule has 0 radical (unpaired) electrons. The summed E-state index contributed by atoms with van der Waals surface area (Å²) in [5, 5.41) is 0. The third kappa shape index (κ3) is 3.82. The van der Waals surface area contributed by atoms with E-state index in [9.17, 15) is 4.79 Å². The fraction of sp³-hybridized carbons (Fsp3) is 0.222. The van der Waals surface area contributed by atoms with Crippen LogP contribution in [0.4, 0.5) is 0 Å². The number of benzene rings is 1. The van der Waals surface area contributed by atoms with Crippen LogP contribution in [0, 0.1) is 11.8 Å². The number of rotatable bonds is 4. The van der Waals surface area contributed by atoms with Crippen LogP contribution in [0.5, 0.6) is 0 Å². The summed E-state index contributed by atoms with van der Waals surface area (Å²) in [6.45, 7) is 4.00. The number of carbonyl (C=O) groups is 1. The number of amidine groups is 1. The molecule has 2 aliphatic heterocycles. The number of nitrogens with zero attached hydrogens (tertiary/aromatic N) is 3. The molecule has 2 atom stereocenters. The predicted octanol–water partition coefficient (Wildman–Crippen LogP) is 5.56. The zero-order valence-electron chi connectivity index (χ0n) is 18.2. The first-order valence-corrected chi connectivity index (χ1v) is 11.2. The van der Waals surface area contributed by atoms with Gasteiger partial charge in [-0.25, -0.2) is 9.98 Å². The van der Waals surface area contributed by atoms with Gasteiger partial charge in [0.25, 0.3) is 5.91 Å². The number of fused-ring (bicyclic) bond motifs is 2. The number of hydrogen-bond acceptors (Lipinski definition) is 4. The number of aliphatic imine (C=N–C) groups is 2. The van der Waals surface area contributed by atoms with Crippen molar-refractivity contribution in [3.63, 3.8) is 0 Å². The SMILES string of the molecule is CC.O=C1/C(=C/c2ccco2)N=C2C(Cc3ccccc3)=NC(C3=CC4CC4C=C3)=CN12. The van der Waals surface area contributed by atoms with Crippen LogP contribution in [0.15, 0.2) is 105 Å². The molecule has 4 aliphatic rings. The lowest BCUT2D eigenvalue weighted by molar-refractivity contribution is -0.120. The molecule has 0 spiro atoms. The summed E-state index contributed by atoms with van der Waals surface area (Å²) in [6.07, 6.45) is 13.6. The van der Waals surface area contributed by atoms with Crippen LogP contribution in [-0.2, 0) is 11.2 Å². The normalized spacial score (nSPS) is 24.0. The van der Waals surface area contributed by atoms with Gasteiger partial charge in [-0.1, -0.05) is 62.4 Å². The summed E-state index contributed by atoms with van der Waals surface area (Å²) >= 11 is 0. The third-order valence-corrected chi connectivity index (χ3v) is 5.80. The molecule has 32 heavy (non-hydrogen) atoms. The molecule has 2 unspecified atom stereocenters. The van der Waals surface area contributed by atoms with Gasteiger partial charge in [-0.2, -0.15) is 0 Å². The van der Waals surface area contributed by atoms with Crippen molar-refractivity contribution in [1.29, 1.82) is 0 Å². The summed E-state index contributed by atoms with van der Waals surface area (Å²) < 4.78 is 5.37. The molecule has 1 fully saturated rings. The van der Waals surface area contributed by atoms with E-state index >= 15 is 0 Å². The average molecular weight is 424 g/mol. The lowest BCUT2D eigenvalue weighted by Crippen LogP contribution is -2.36. The van der Waals surface area contributed by atoms with E-state index in [0.29, 0.717) is 35.5 Å². The van der Waals surface area contributed by atoms with E-state index < -0.39 is 0 Å². The van der Waals surface area contributed by atoms with Gasteiger partial charge in [-0.3, -0.25) is 9.69 Å². The highest BCUT2D eigenvalue weighted by Gasteiger charge is 2.38. The Kier molecular flexibility index (Phi) is 5.31. The maximum Gasteiger partial charge on any atom is 0.282 e. The van der Waals surface area contributed by atoms with Crippen LogP contribution < -0.4 is 0 Å². The van der Waals surface area contributed by atoms with Crippen LogP contribution in [0.25, 0.3) is 6.08 Å². The van der Waals surface area contributed by atoms with Crippen molar-refractivity contribution in [2.24, 2.45) is 21.8 Å². The van der Waals surface area contributed by atoms with Crippen molar-refractivity contribution in [2.75, 3.05) is 0 Å². The second-order valence-electron chi connectivity index (χ2n) is 7.94. The fourth-order valence-electron chi connectivity index (χ4n) is 4.09. The highest BCUT2D eigenvalue weighted by Crippen LogP contribution is 2.45. The average Bonchev–Trinajstić information content (AvgIpc) is 3.30. The standard InChI is InChI=1S/C25H19N3O2.C2H6/c29-25-22(14-20-7-4-10-30-20)27-24-21(11-16-5-2-1-3-6-16)26-23(15-28(24)25)18-9-8-17-12-19(17)13-18;1-2/h1-10,13-15,17,19H,11-12H2;1-2H3/b22-14-;. The molecule has 2 aromatic rings. The Morgan fingerprint density at radius 1 is 1.09 bits per heavy atom. The zero-order chi connectivity index (χ0) is 22.1. The summed E-state index contributed by atoms with van der Waals surface area (Å²) in [6, 6.07) is 13.7. The van der Waals surface area contributed by atoms with Crippen molar-refractivity contribution >= 4 is 23.5 Å². The maximum atomic E-state index is 13.1. The minimum atomic E-state index is -0.163. The maximum absolute atomic E-state index is 13.1. The minimum absolute atomic E-state index is 0.163. The molecule has 0 saturated heterocycles. The molecular weight excluding hydrogens is 398 g/mol. The molecule has 0 N–H and O–H groups in total. The molecule has 1 aromatic heterocycles. The lowest BCUT2D eigenvalue weighted by Gasteiger charge is -2.22. The molecule has 0 bridgehead atoms. The topological polar surface area (TPSA) is 58.2 Å². The van der Waals surface area contributed by atoms with E-state index in [1.165, 1.54) is 6.42 Å². The zero-order valence-corrected chi connectivity index (χ0v) is 18.2. The largest absolute Gasteiger partial charge is 0.465 e. The van der Waals surface area contributed by atoms with Gasteiger partial charge in [0.15, 0.2) is 5.84 Å². The fourth-order valence-corrected chi connectivity index (χ4v) is 4.09. The van der Waals surface area contributed by atoms with E-state index in [2.05, 4.69) is 35.4 Å². The Hall–Kier alpha value is -3.73. The van der Waals surface area contributed by atoms with Crippen LogP contribution in [0.2, 0.25) is 0 Å². The van der Waals surface area contributed by atoms with Crippen molar-refractivity contribution in [2.45, 2.75) is 26.7 Å². The molecule has 3 heterocycles. The summed E-state index contributed by atoms with van der Waals surface area (Å²) in [4.78, 5) is 24.3. The summed E-state index contributed by atoms with van der Waals surface area (Å²) in [7, 11) is 0. The van der Waals surface area contributed by atoms with E-state index in [1.54, 1.807) is 23.3 Å². The molecule has 1 amide bonds. The Balaban J connectivity index is 0.00000105. The van der Waals surface area contributed by atoms with Gasteiger partial charge < -0.3 is 4.42 Å². The molecule has 2 aliphatic carbocycles. The van der Waals surface area contributed by atoms with Crippen LogP contribution in [0.1, 0.15) is 31.6 Å². The Labute approximate surface area is 187 Å². The number of amides is 1. The third-order valence-electron chi connectivity index (χ3n) is 5.80. The first-order valence-electron chi connectivity index (χ1n) is 11.2. The second kappa shape index (κ2) is 8.42. The van der Waals surface area contributed by atoms with Crippen molar-refractivity contribution in [1.82, 2.24) is 4.90 Å². The molecule has 6 rings (SSSR count). The lowest BCUT2D eigenvalue weighted by atomic mass is 10.0. The predicted molar refractivity (Wildman–Crippen MR) is 127 cm³/mol. The molecule has 1 aromatic carbocycles. The first-order chi connectivity index (χ1) is 15.7. The smallest absolute Gasteiger partial charge is 0.282 e. The molecule has 5 heteroatoms. The van der Waals surface area contributed by atoms with Gasteiger partial charge in [0, 0.05) is 18.7 Å². The van der Waals surface area contributed by atoms with E-state index in [0.717, 1.165) is 22.5 Å². The van der Waals surface area contributed by atoms with E-state index in [1.807, 2.05) is 44.3 Å². The van der Waals surface area contributed by atoms with Gasteiger partial charge >= 0.3 is 0 Å². The van der Waals surface area contributed by atoms with E-state index in [4.69, 9.17) is 9.41 Å². The van der Waals surface area contributed by atoms with Crippen molar-refractivity contribution in [3.8, 4) is 0 Å². The second-order valence-corrected chi connectivity index (χ2v) is 7.94. The van der Waals surface area contributed by atoms with Gasteiger partial charge in [0.2, 0.25) is 0 Å². The van der Waals surface area contributed by atoms with Crippen LogP contribution >= 0.6 is 0 Å². The van der Waals surface area contributed by atoms with Gasteiger partial charge in [0.05, 0.1) is 17.7 Å². The van der Waals surface area contributed by atoms with E-state index in [-0.39, 0.29) is 5.91 Å². The van der Waals surface area contributed by atoms with Crippen LogP contribution in [0.3, 0.4) is 0 Å². The van der Waals surface area contributed by atoms with Crippen molar-refractivity contribution < 1.29 is 9.21 Å². The highest BCUT2D eigenvalue weighted by molar-refractivity contribution is 6.48. The van der Waals surface area contributed by atoms with Gasteiger partial charge in [-0.05, 0) is 41.5 Å². The molecule has 5 nitrogen and oxygen atoms in total. The summed E-state index contributed by atoms with van der Waals surface area (Å²) in [5.41, 5.74) is 4.17. The summed E-state index contributed by atoms with van der Waals surface area (Å²) in [5.74, 6) is 2.32. The van der Waals surface area contributed by atoms with Crippen LogP contribution in [-0.4, -0.2) is 22.4 Å².